The first-order valence-electron chi connectivity index (χ1n) is 9.31. The van der Waals surface area contributed by atoms with Crippen molar-refractivity contribution in [2.75, 3.05) is 19.6 Å². The number of nitrogens with zero attached hydrogens (tertiary/aromatic N) is 3. The SMILES string of the molecule is CCN(Cc1ccncc1)C1CCCN(S(=O)(=O)c2cccc(Cl)c2C)C1. The maximum Gasteiger partial charge on any atom is 0.243 e. The summed E-state index contributed by atoms with van der Waals surface area (Å²) in [5.41, 5.74) is 1.81. The molecule has 0 saturated carbocycles. The molecule has 0 spiro atoms. The smallest absolute Gasteiger partial charge is 0.243 e. The fourth-order valence-corrected chi connectivity index (χ4v) is 5.66. The van der Waals surface area contributed by atoms with Gasteiger partial charge in [0.2, 0.25) is 10.0 Å². The van der Waals surface area contributed by atoms with E-state index in [0.29, 0.717) is 28.6 Å². The van der Waals surface area contributed by atoms with Gasteiger partial charge in [0.05, 0.1) is 4.90 Å². The van der Waals surface area contributed by atoms with Gasteiger partial charge in [-0.05, 0) is 61.7 Å². The van der Waals surface area contributed by atoms with E-state index in [2.05, 4.69) is 16.8 Å². The normalized spacial score (nSPS) is 18.7. The van der Waals surface area contributed by atoms with Gasteiger partial charge in [-0.25, -0.2) is 8.42 Å². The summed E-state index contributed by atoms with van der Waals surface area (Å²) in [6.07, 6.45) is 5.45. The van der Waals surface area contributed by atoms with Gasteiger partial charge < -0.3 is 0 Å². The highest BCUT2D eigenvalue weighted by atomic mass is 35.5. The average Bonchev–Trinajstić information content (AvgIpc) is 2.69. The number of hydrogen-bond donors (Lipinski definition) is 0. The number of rotatable bonds is 6. The van der Waals surface area contributed by atoms with Crippen LogP contribution in [0.4, 0.5) is 0 Å². The second-order valence-electron chi connectivity index (χ2n) is 6.94. The van der Waals surface area contributed by atoms with Crippen LogP contribution in [0.1, 0.15) is 30.9 Å². The van der Waals surface area contributed by atoms with Crippen molar-refractivity contribution in [3.8, 4) is 0 Å². The summed E-state index contributed by atoms with van der Waals surface area (Å²) in [6.45, 7) is 6.61. The molecule has 1 aliphatic rings. The molecule has 0 N–H and O–H groups in total. The van der Waals surface area contributed by atoms with Crippen molar-refractivity contribution >= 4 is 21.6 Å². The number of likely N-dealkylation sites (N-methyl/N-ethyl adjacent to an activating group) is 1. The zero-order chi connectivity index (χ0) is 19.4. The minimum absolute atomic E-state index is 0.200. The average molecular weight is 408 g/mol. The van der Waals surface area contributed by atoms with Crippen molar-refractivity contribution in [1.29, 1.82) is 0 Å². The highest BCUT2D eigenvalue weighted by molar-refractivity contribution is 7.89. The standard InChI is InChI=1S/C20H26ClN3O2S/c1-3-23(14-17-9-11-22-12-10-17)18-6-5-13-24(15-18)27(25,26)20-8-4-7-19(21)16(20)2/h4,7-12,18H,3,5-6,13-15H2,1-2H3. The summed E-state index contributed by atoms with van der Waals surface area (Å²) in [5, 5.41) is 0.484. The number of piperidine rings is 1. The van der Waals surface area contributed by atoms with E-state index in [0.717, 1.165) is 25.9 Å². The fraction of sp³-hybridized carbons (Fsp3) is 0.450. The van der Waals surface area contributed by atoms with E-state index in [-0.39, 0.29) is 6.04 Å². The molecule has 27 heavy (non-hydrogen) atoms. The van der Waals surface area contributed by atoms with Crippen molar-refractivity contribution in [2.45, 2.75) is 44.2 Å². The van der Waals surface area contributed by atoms with Gasteiger partial charge >= 0.3 is 0 Å². The molecule has 1 atom stereocenters. The second-order valence-corrected chi connectivity index (χ2v) is 9.25. The fourth-order valence-electron chi connectivity index (χ4n) is 3.67. The molecule has 1 fully saturated rings. The molecular weight excluding hydrogens is 382 g/mol. The molecule has 2 aromatic rings. The molecule has 3 rings (SSSR count). The molecule has 2 heterocycles. The molecule has 1 aromatic heterocycles. The zero-order valence-corrected chi connectivity index (χ0v) is 17.4. The summed E-state index contributed by atoms with van der Waals surface area (Å²) in [7, 11) is -3.55. The van der Waals surface area contributed by atoms with Crippen molar-refractivity contribution in [3.05, 3.63) is 58.9 Å². The predicted molar refractivity (Wildman–Crippen MR) is 108 cm³/mol. The molecule has 7 heteroatoms. The van der Waals surface area contributed by atoms with Gasteiger partial charge in [-0.1, -0.05) is 24.6 Å². The van der Waals surface area contributed by atoms with E-state index in [9.17, 15) is 8.42 Å². The lowest BCUT2D eigenvalue weighted by atomic mass is 10.1. The Labute approximate surface area is 167 Å². The summed E-state index contributed by atoms with van der Waals surface area (Å²) in [6, 6.07) is 9.29. The molecule has 5 nitrogen and oxygen atoms in total. The first kappa shape index (κ1) is 20.3. The minimum atomic E-state index is -3.55. The molecular formula is C20H26ClN3O2S. The Morgan fingerprint density at radius 2 is 2.00 bits per heavy atom. The third kappa shape index (κ3) is 4.51. The summed E-state index contributed by atoms with van der Waals surface area (Å²) in [5.74, 6) is 0. The lowest BCUT2D eigenvalue weighted by molar-refractivity contribution is 0.134. The molecule has 1 saturated heterocycles. The van der Waals surface area contributed by atoms with E-state index < -0.39 is 10.0 Å². The van der Waals surface area contributed by atoms with Gasteiger partial charge in [-0.2, -0.15) is 4.31 Å². The van der Waals surface area contributed by atoms with Crippen LogP contribution in [0.15, 0.2) is 47.6 Å². The number of sulfonamides is 1. The van der Waals surface area contributed by atoms with E-state index in [1.54, 1.807) is 41.8 Å². The van der Waals surface area contributed by atoms with Gasteiger partial charge in [0.1, 0.15) is 0 Å². The number of pyridine rings is 1. The first-order chi connectivity index (χ1) is 12.9. The first-order valence-corrected chi connectivity index (χ1v) is 11.1. The Hall–Kier alpha value is -1.47. The van der Waals surface area contributed by atoms with Crippen LogP contribution in [0.5, 0.6) is 0 Å². The highest BCUT2D eigenvalue weighted by Crippen LogP contribution is 2.28. The van der Waals surface area contributed by atoms with Gasteiger partial charge in [0.15, 0.2) is 0 Å². The monoisotopic (exact) mass is 407 g/mol. The molecule has 0 aliphatic carbocycles. The minimum Gasteiger partial charge on any atom is -0.295 e. The molecule has 0 radical (unpaired) electrons. The summed E-state index contributed by atoms with van der Waals surface area (Å²) >= 11 is 6.15. The number of halogens is 1. The quantitative estimate of drug-likeness (QED) is 0.732. The number of hydrogen-bond acceptors (Lipinski definition) is 4. The molecule has 0 bridgehead atoms. The highest BCUT2D eigenvalue weighted by Gasteiger charge is 2.33. The number of benzene rings is 1. The van der Waals surface area contributed by atoms with Gasteiger partial charge in [-0.3, -0.25) is 9.88 Å². The summed E-state index contributed by atoms with van der Waals surface area (Å²) in [4.78, 5) is 6.73. The van der Waals surface area contributed by atoms with Gasteiger partial charge in [-0.15, -0.1) is 0 Å². The lowest BCUT2D eigenvalue weighted by Gasteiger charge is -2.38. The van der Waals surface area contributed by atoms with Crippen LogP contribution in [0.25, 0.3) is 0 Å². The third-order valence-electron chi connectivity index (χ3n) is 5.25. The van der Waals surface area contributed by atoms with Crippen molar-refractivity contribution < 1.29 is 8.42 Å². The van der Waals surface area contributed by atoms with Gasteiger partial charge in [0, 0.05) is 43.1 Å². The van der Waals surface area contributed by atoms with Crippen LogP contribution in [0.3, 0.4) is 0 Å². The van der Waals surface area contributed by atoms with Crippen LogP contribution in [0, 0.1) is 6.92 Å². The van der Waals surface area contributed by atoms with Crippen molar-refractivity contribution in [2.24, 2.45) is 0 Å². The van der Waals surface area contributed by atoms with Crippen LogP contribution >= 0.6 is 11.6 Å². The molecule has 0 amide bonds. The van der Waals surface area contributed by atoms with Crippen molar-refractivity contribution in [1.82, 2.24) is 14.2 Å². The maximum absolute atomic E-state index is 13.2. The van der Waals surface area contributed by atoms with Crippen LogP contribution < -0.4 is 0 Å². The second kappa shape index (κ2) is 8.69. The van der Waals surface area contributed by atoms with E-state index in [1.165, 1.54) is 5.56 Å². The van der Waals surface area contributed by atoms with Crippen LogP contribution in [-0.2, 0) is 16.6 Å². The Bertz CT molecular complexity index is 874. The van der Waals surface area contributed by atoms with Crippen molar-refractivity contribution in [3.63, 3.8) is 0 Å². The Morgan fingerprint density at radius 1 is 1.26 bits per heavy atom. The Balaban J connectivity index is 1.79. The van der Waals surface area contributed by atoms with E-state index >= 15 is 0 Å². The molecule has 1 unspecified atom stereocenters. The largest absolute Gasteiger partial charge is 0.295 e. The molecule has 1 aliphatic heterocycles. The summed E-state index contributed by atoms with van der Waals surface area (Å²) < 4.78 is 28.1. The molecule has 1 aromatic carbocycles. The number of aromatic nitrogens is 1. The van der Waals surface area contributed by atoms with Crippen LogP contribution in [0.2, 0.25) is 5.02 Å². The van der Waals surface area contributed by atoms with Crippen LogP contribution in [-0.4, -0.2) is 48.3 Å². The zero-order valence-electron chi connectivity index (χ0n) is 15.8. The van der Waals surface area contributed by atoms with E-state index in [4.69, 9.17) is 11.6 Å². The predicted octanol–water partition coefficient (Wildman–Crippen LogP) is 3.72. The third-order valence-corrected chi connectivity index (χ3v) is 7.67. The molecule has 146 valence electrons. The van der Waals surface area contributed by atoms with Gasteiger partial charge in [0.25, 0.3) is 0 Å². The Kier molecular flexibility index (Phi) is 6.52. The van der Waals surface area contributed by atoms with E-state index in [1.807, 2.05) is 12.1 Å². The maximum atomic E-state index is 13.2. The lowest BCUT2D eigenvalue weighted by Crippen LogP contribution is -2.49. The Morgan fingerprint density at radius 3 is 2.70 bits per heavy atom. The topological polar surface area (TPSA) is 53.5 Å².